The van der Waals surface area contributed by atoms with E-state index in [1.54, 1.807) is 7.05 Å². The van der Waals surface area contributed by atoms with Crippen LogP contribution in [0.1, 0.15) is 45.1 Å². The first-order valence-corrected chi connectivity index (χ1v) is 10.0. The van der Waals surface area contributed by atoms with E-state index in [1.165, 1.54) is 12.8 Å². The molecule has 150 valence electrons. The zero-order chi connectivity index (χ0) is 19.5. The molecule has 1 aliphatic rings. The standard InChI is InChI=1S/C21H34N4O2/c1-4-16(2)20(26)25-19-8-5-7-18(13-19)14-24-21(22-3)23-11-6-12-27-15-17-9-10-17/h5,7-8,13,16-17H,4,6,9-12,14-15H2,1-3H3,(H,25,26)(H2,22,23,24). The highest BCUT2D eigenvalue weighted by Gasteiger charge is 2.20. The molecule has 0 bridgehead atoms. The first kappa shape index (κ1) is 21.2. The number of amides is 1. The van der Waals surface area contributed by atoms with Gasteiger partial charge in [0.05, 0.1) is 0 Å². The fraction of sp³-hybridized carbons (Fsp3) is 0.619. The lowest BCUT2D eigenvalue weighted by Gasteiger charge is -2.14. The Labute approximate surface area is 163 Å². The molecule has 0 radical (unpaired) electrons. The molecule has 1 saturated carbocycles. The van der Waals surface area contributed by atoms with Crippen molar-refractivity contribution >= 4 is 17.6 Å². The molecule has 6 nitrogen and oxygen atoms in total. The third kappa shape index (κ3) is 8.43. The van der Waals surface area contributed by atoms with Gasteiger partial charge in [-0.05, 0) is 49.3 Å². The summed E-state index contributed by atoms with van der Waals surface area (Å²) in [5.41, 5.74) is 1.92. The van der Waals surface area contributed by atoms with E-state index in [9.17, 15) is 4.79 Å². The summed E-state index contributed by atoms with van der Waals surface area (Å²) in [5, 5.41) is 9.58. The topological polar surface area (TPSA) is 74.8 Å². The summed E-state index contributed by atoms with van der Waals surface area (Å²) in [5.74, 6) is 1.66. The quantitative estimate of drug-likeness (QED) is 0.316. The number of ether oxygens (including phenoxy) is 1. The number of benzene rings is 1. The zero-order valence-corrected chi connectivity index (χ0v) is 16.9. The lowest BCUT2D eigenvalue weighted by molar-refractivity contribution is -0.119. The number of nitrogens with zero attached hydrogens (tertiary/aromatic N) is 1. The van der Waals surface area contributed by atoms with Crippen LogP contribution in [-0.2, 0) is 16.1 Å². The van der Waals surface area contributed by atoms with Crippen LogP contribution in [0.25, 0.3) is 0 Å². The van der Waals surface area contributed by atoms with Gasteiger partial charge in [0, 0.05) is 45.0 Å². The van der Waals surface area contributed by atoms with Gasteiger partial charge in [-0.3, -0.25) is 9.79 Å². The highest BCUT2D eigenvalue weighted by Crippen LogP contribution is 2.28. The van der Waals surface area contributed by atoms with Gasteiger partial charge < -0.3 is 20.7 Å². The van der Waals surface area contributed by atoms with Crippen LogP contribution < -0.4 is 16.0 Å². The van der Waals surface area contributed by atoms with Crippen LogP contribution in [-0.4, -0.2) is 38.7 Å². The number of carbonyl (C=O) groups is 1. The second-order valence-corrected chi connectivity index (χ2v) is 7.22. The molecule has 1 fully saturated rings. The molecule has 0 saturated heterocycles. The molecule has 0 heterocycles. The fourth-order valence-corrected chi connectivity index (χ4v) is 2.53. The molecule has 1 aromatic rings. The number of hydrogen-bond acceptors (Lipinski definition) is 3. The monoisotopic (exact) mass is 374 g/mol. The van der Waals surface area contributed by atoms with Crippen LogP contribution in [0, 0.1) is 11.8 Å². The van der Waals surface area contributed by atoms with E-state index in [1.807, 2.05) is 38.1 Å². The molecule has 1 aromatic carbocycles. The summed E-state index contributed by atoms with van der Waals surface area (Å²) >= 11 is 0. The molecule has 1 unspecified atom stereocenters. The van der Waals surface area contributed by atoms with E-state index in [4.69, 9.17) is 4.74 Å². The minimum absolute atomic E-state index is 0.0167. The third-order valence-corrected chi connectivity index (χ3v) is 4.75. The van der Waals surface area contributed by atoms with Gasteiger partial charge in [-0.15, -0.1) is 0 Å². The van der Waals surface area contributed by atoms with E-state index in [0.717, 1.165) is 55.7 Å². The van der Waals surface area contributed by atoms with E-state index in [-0.39, 0.29) is 11.8 Å². The van der Waals surface area contributed by atoms with Crippen molar-refractivity contribution in [1.82, 2.24) is 10.6 Å². The van der Waals surface area contributed by atoms with Gasteiger partial charge in [-0.1, -0.05) is 26.0 Å². The molecular weight excluding hydrogens is 340 g/mol. The molecule has 3 N–H and O–H groups in total. The Kier molecular flexibility index (Phi) is 9.11. The molecule has 2 rings (SSSR count). The van der Waals surface area contributed by atoms with Crippen molar-refractivity contribution in [3.8, 4) is 0 Å². The highest BCUT2D eigenvalue weighted by molar-refractivity contribution is 5.92. The molecular formula is C21H34N4O2. The first-order chi connectivity index (χ1) is 13.1. The average molecular weight is 375 g/mol. The number of guanidine groups is 1. The summed E-state index contributed by atoms with van der Waals surface area (Å²) in [6, 6.07) is 7.90. The zero-order valence-electron chi connectivity index (χ0n) is 16.9. The molecule has 27 heavy (non-hydrogen) atoms. The Morgan fingerprint density at radius 3 is 2.85 bits per heavy atom. The van der Waals surface area contributed by atoms with Crippen LogP contribution in [0.2, 0.25) is 0 Å². The summed E-state index contributed by atoms with van der Waals surface area (Å²) in [6.45, 7) is 7.13. The Morgan fingerprint density at radius 1 is 1.33 bits per heavy atom. The van der Waals surface area contributed by atoms with Crippen molar-refractivity contribution in [3.05, 3.63) is 29.8 Å². The van der Waals surface area contributed by atoms with Crippen molar-refractivity contribution in [2.45, 2.75) is 46.1 Å². The lowest BCUT2D eigenvalue weighted by atomic mass is 10.1. The SMILES string of the molecule is CCC(C)C(=O)Nc1cccc(CNC(=NC)NCCCOCC2CC2)c1. The third-order valence-electron chi connectivity index (χ3n) is 4.75. The molecule has 0 aliphatic heterocycles. The summed E-state index contributed by atoms with van der Waals surface area (Å²) in [4.78, 5) is 16.3. The Bertz CT molecular complexity index is 614. The largest absolute Gasteiger partial charge is 0.381 e. The minimum Gasteiger partial charge on any atom is -0.381 e. The van der Waals surface area contributed by atoms with Gasteiger partial charge in [0.25, 0.3) is 0 Å². The van der Waals surface area contributed by atoms with Gasteiger partial charge in [-0.25, -0.2) is 0 Å². The predicted molar refractivity (Wildman–Crippen MR) is 111 cm³/mol. The van der Waals surface area contributed by atoms with Crippen LogP contribution in [0.3, 0.4) is 0 Å². The van der Waals surface area contributed by atoms with Gasteiger partial charge in [-0.2, -0.15) is 0 Å². The van der Waals surface area contributed by atoms with Crippen LogP contribution in [0.5, 0.6) is 0 Å². The molecule has 6 heteroatoms. The summed E-state index contributed by atoms with van der Waals surface area (Å²) < 4.78 is 5.64. The van der Waals surface area contributed by atoms with E-state index in [2.05, 4.69) is 20.9 Å². The van der Waals surface area contributed by atoms with Gasteiger partial charge in [0.15, 0.2) is 5.96 Å². The van der Waals surface area contributed by atoms with E-state index in [0.29, 0.717) is 6.54 Å². The highest BCUT2D eigenvalue weighted by atomic mass is 16.5. The van der Waals surface area contributed by atoms with Crippen molar-refractivity contribution in [1.29, 1.82) is 0 Å². The smallest absolute Gasteiger partial charge is 0.227 e. The Balaban J connectivity index is 1.68. The number of carbonyl (C=O) groups excluding carboxylic acids is 1. The molecule has 0 spiro atoms. The Morgan fingerprint density at radius 2 is 2.15 bits per heavy atom. The maximum Gasteiger partial charge on any atom is 0.227 e. The van der Waals surface area contributed by atoms with Crippen molar-refractivity contribution in [2.24, 2.45) is 16.8 Å². The average Bonchev–Trinajstić information content (AvgIpc) is 3.50. The molecule has 0 aromatic heterocycles. The number of aliphatic imine (C=N–C) groups is 1. The normalized spacial score (nSPS) is 15.3. The first-order valence-electron chi connectivity index (χ1n) is 10.0. The van der Waals surface area contributed by atoms with E-state index >= 15 is 0 Å². The Hall–Kier alpha value is -2.08. The number of hydrogen-bond donors (Lipinski definition) is 3. The van der Waals surface area contributed by atoms with E-state index < -0.39 is 0 Å². The van der Waals surface area contributed by atoms with Crippen LogP contribution >= 0.6 is 0 Å². The summed E-state index contributed by atoms with van der Waals surface area (Å²) in [6.07, 6.45) is 4.46. The fourth-order valence-electron chi connectivity index (χ4n) is 2.53. The van der Waals surface area contributed by atoms with Crippen molar-refractivity contribution < 1.29 is 9.53 Å². The molecule has 1 atom stereocenters. The lowest BCUT2D eigenvalue weighted by Crippen LogP contribution is -2.37. The number of anilines is 1. The molecule has 1 aliphatic carbocycles. The predicted octanol–water partition coefficient (Wildman–Crippen LogP) is 3.15. The maximum absolute atomic E-state index is 12.0. The maximum atomic E-state index is 12.0. The number of rotatable bonds is 11. The van der Waals surface area contributed by atoms with Gasteiger partial charge >= 0.3 is 0 Å². The molecule has 1 amide bonds. The van der Waals surface area contributed by atoms with Crippen molar-refractivity contribution in [3.63, 3.8) is 0 Å². The minimum atomic E-state index is 0.0167. The van der Waals surface area contributed by atoms with Crippen LogP contribution in [0.15, 0.2) is 29.3 Å². The summed E-state index contributed by atoms with van der Waals surface area (Å²) in [7, 11) is 1.77. The van der Waals surface area contributed by atoms with Gasteiger partial charge in [0.1, 0.15) is 0 Å². The second kappa shape index (κ2) is 11.6. The van der Waals surface area contributed by atoms with Crippen LogP contribution in [0.4, 0.5) is 5.69 Å². The second-order valence-electron chi connectivity index (χ2n) is 7.22. The van der Waals surface area contributed by atoms with Gasteiger partial charge in [0.2, 0.25) is 5.91 Å². The van der Waals surface area contributed by atoms with Crippen molar-refractivity contribution in [2.75, 3.05) is 32.1 Å². The number of nitrogens with one attached hydrogen (secondary N) is 3.